The Morgan fingerprint density at radius 2 is 1.46 bits per heavy atom. The van der Waals surface area contributed by atoms with Gasteiger partial charge in [-0.05, 0) is 40.8 Å². The van der Waals surface area contributed by atoms with Gasteiger partial charge in [-0.25, -0.2) is 14.4 Å². The van der Waals surface area contributed by atoms with Crippen LogP contribution in [0, 0.1) is 0 Å². The van der Waals surface area contributed by atoms with Gasteiger partial charge in [0.2, 0.25) is 5.91 Å². The second-order valence-corrected chi connectivity index (χ2v) is 8.38. The zero-order valence-corrected chi connectivity index (χ0v) is 20.3. The molecule has 0 aromatic heterocycles. The molecule has 0 radical (unpaired) electrons. The maximum absolute atomic E-state index is 11.9. The number of esters is 1. The Bertz CT molecular complexity index is 968. The molecular weight excluding hydrogens is 456 g/mol. The molecule has 10 nitrogen and oxygen atoms in total. The van der Waals surface area contributed by atoms with Gasteiger partial charge < -0.3 is 30.3 Å². The number of hydrogen-bond donors (Lipinski definition) is 4. The number of carbonyl (C=O) groups is 4. The average Bonchev–Trinajstić information content (AvgIpc) is 2.82. The first-order valence-electron chi connectivity index (χ1n) is 10.8. The molecule has 1 amide bonds. The molecule has 2 aromatic rings. The first kappa shape index (κ1) is 29.1. The number of ether oxygens (including phenoxy) is 2. The maximum Gasteiger partial charge on any atom is 0.414 e. The van der Waals surface area contributed by atoms with Gasteiger partial charge in [0.1, 0.15) is 12.4 Å². The molecule has 0 spiro atoms. The van der Waals surface area contributed by atoms with E-state index in [1.807, 2.05) is 12.1 Å². The third kappa shape index (κ3) is 11.7. The molecule has 0 heterocycles. The fraction of sp³-hybridized carbons (Fsp3) is 0.360. The zero-order chi connectivity index (χ0) is 26.4. The van der Waals surface area contributed by atoms with E-state index in [0.29, 0.717) is 25.3 Å². The summed E-state index contributed by atoms with van der Waals surface area (Å²) in [7, 11) is 1.34. The van der Waals surface area contributed by atoms with E-state index in [2.05, 4.69) is 48.3 Å². The number of amides is 1. The summed E-state index contributed by atoms with van der Waals surface area (Å²) < 4.78 is 10.4. The zero-order valence-electron chi connectivity index (χ0n) is 20.3. The fourth-order valence-corrected chi connectivity index (χ4v) is 2.63. The van der Waals surface area contributed by atoms with Crippen molar-refractivity contribution in [2.24, 2.45) is 0 Å². The van der Waals surface area contributed by atoms with Gasteiger partial charge in [-0.2, -0.15) is 0 Å². The lowest BCUT2D eigenvalue weighted by atomic mass is 9.87. The number of aliphatic carboxylic acids is 2. The average molecular weight is 489 g/mol. The number of carboxylic acids is 2. The number of methoxy groups -OCH3 is 1. The quantitative estimate of drug-likeness (QED) is 0.236. The largest absolute Gasteiger partial charge is 0.492 e. The molecule has 0 aliphatic heterocycles. The second kappa shape index (κ2) is 14.4. The third-order valence-corrected chi connectivity index (χ3v) is 4.60. The highest BCUT2D eigenvalue weighted by Gasteiger charge is 2.13. The minimum absolute atomic E-state index is 0.100. The summed E-state index contributed by atoms with van der Waals surface area (Å²) in [5.74, 6) is -3.31. The van der Waals surface area contributed by atoms with Crippen molar-refractivity contribution in [1.82, 2.24) is 10.6 Å². The van der Waals surface area contributed by atoms with Crippen molar-refractivity contribution in [2.45, 2.75) is 32.7 Å². The Morgan fingerprint density at radius 3 is 1.94 bits per heavy atom. The van der Waals surface area contributed by atoms with Crippen LogP contribution in [0.4, 0.5) is 0 Å². The molecule has 0 fully saturated rings. The lowest BCUT2D eigenvalue weighted by molar-refractivity contribution is -0.159. The number of nitrogens with one attached hydrogen (secondary N) is 2. The third-order valence-electron chi connectivity index (χ3n) is 4.60. The van der Waals surface area contributed by atoms with E-state index < -0.39 is 11.9 Å². The van der Waals surface area contributed by atoms with Gasteiger partial charge in [-0.15, -0.1) is 0 Å². The second-order valence-electron chi connectivity index (χ2n) is 8.38. The van der Waals surface area contributed by atoms with E-state index in [1.165, 1.54) is 12.7 Å². The Balaban J connectivity index is 0.000000905. The molecule has 0 aliphatic carbocycles. The molecule has 2 aromatic carbocycles. The molecule has 35 heavy (non-hydrogen) atoms. The highest BCUT2D eigenvalue weighted by molar-refractivity contribution is 6.27. The molecule has 0 aliphatic rings. The standard InChI is InChI=1S/C23H30N2O4.C2H2O4/c1-23(2,3)19-9-11-20(12-10-19)29-14-13-24-16-21(26)25-15-17-5-7-18(8-6-17)22(27)28-4;3-1(4)2(5)6/h5-12,24H,13-16H2,1-4H3,(H,25,26);(H,3,4)(H,5,6). The summed E-state index contributed by atoms with van der Waals surface area (Å²) >= 11 is 0. The van der Waals surface area contributed by atoms with Gasteiger partial charge in [-0.1, -0.05) is 45.0 Å². The minimum atomic E-state index is -1.82. The van der Waals surface area contributed by atoms with Crippen LogP contribution in [0.2, 0.25) is 0 Å². The summed E-state index contributed by atoms with van der Waals surface area (Å²) in [5.41, 5.74) is 2.78. The Kier molecular flexibility index (Phi) is 11.9. The van der Waals surface area contributed by atoms with Crippen LogP contribution in [0.15, 0.2) is 48.5 Å². The molecule has 10 heteroatoms. The van der Waals surface area contributed by atoms with E-state index in [-0.39, 0.29) is 23.8 Å². The Labute approximate surface area is 204 Å². The lowest BCUT2D eigenvalue weighted by Gasteiger charge is -2.19. The summed E-state index contributed by atoms with van der Waals surface area (Å²) in [5, 5.41) is 20.7. The topological polar surface area (TPSA) is 151 Å². The number of carboxylic acid groups (broad SMARTS) is 2. The van der Waals surface area contributed by atoms with E-state index in [0.717, 1.165) is 11.3 Å². The first-order valence-corrected chi connectivity index (χ1v) is 10.8. The van der Waals surface area contributed by atoms with Crippen LogP contribution in [-0.2, 0) is 31.1 Å². The molecule has 2 rings (SSSR count). The SMILES string of the molecule is COC(=O)c1ccc(CNC(=O)CNCCOc2ccc(C(C)(C)C)cc2)cc1.O=C(O)C(=O)O. The number of carbonyl (C=O) groups excluding carboxylic acids is 2. The van der Waals surface area contributed by atoms with Gasteiger partial charge in [0.05, 0.1) is 19.2 Å². The fourth-order valence-electron chi connectivity index (χ4n) is 2.63. The van der Waals surface area contributed by atoms with E-state index >= 15 is 0 Å². The van der Waals surface area contributed by atoms with Crippen LogP contribution < -0.4 is 15.4 Å². The minimum Gasteiger partial charge on any atom is -0.492 e. The predicted octanol–water partition coefficient (Wildman–Crippen LogP) is 2.21. The molecule has 0 bridgehead atoms. The number of benzene rings is 2. The van der Waals surface area contributed by atoms with Crippen molar-refractivity contribution in [3.8, 4) is 5.75 Å². The Morgan fingerprint density at radius 1 is 0.886 bits per heavy atom. The van der Waals surface area contributed by atoms with Gasteiger partial charge in [0.25, 0.3) is 0 Å². The first-order chi connectivity index (χ1) is 16.4. The summed E-state index contributed by atoms with van der Waals surface area (Å²) in [6, 6.07) is 15.0. The highest BCUT2D eigenvalue weighted by Crippen LogP contribution is 2.24. The smallest absolute Gasteiger partial charge is 0.414 e. The van der Waals surface area contributed by atoms with Gasteiger partial charge in [0, 0.05) is 13.1 Å². The van der Waals surface area contributed by atoms with Crippen molar-refractivity contribution >= 4 is 23.8 Å². The van der Waals surface area contributed by atoms with Crippen molar-refractivity contribution < 1.29 is 38.9 Å². The predicted molar refractivity (Wildman–Crippen MR) is 128 cm³/mol. The molecule has 0 saturated carbocycles. The van der Waals surface area contributed by atoms with Crippen molar-refractivity contribution in [2.75, 3.05) is 26.8 Å². The monoisotopic (exact) mass is 488 g/mol. The van der Waals surface area contributed by atoms with Gasteiger partial charge in [0.15, 0.2) is 0 Å². The number of hydrogen-bond acceptors (Lipinski definition) is 7. The van der Waals surface area contributed by atoms with Crippen LogP contribution in [0.3, 0.4) is 0 Å². The molecule has 0 saturated heterocycles. The van der Waals surface area contributed by atoms with Crippen molar-refractivity contribution in [1.29, 1.82) is 0 Å². The molecule has 0 unspecified atom stereocenters. The van der Waals surface area contributed by atoms with Crippen LogP contribution >= 0.6 is 0 Å². The Hall–Kier alpha value is -3.92. The summed E-state index contributed by atoms with van der Waals surface area (Å²) in [6.45, 7) is 8.20. The lowest BCUT2D eigenvalue weighted by Crippen LogP contribution is -2.35. The van der Waals surface area contributed by atoms with Crippen LogP contribution in [0.25, 0.3) is 0 Å². The van der Waals surface area contributed by atoms with Crippen molar-refractivity contribution in [3.05, 3.63) is 65.2 Å². The highest BCUT2D eigenvalue weighted by atomic mass is 16.5. The molecule has 190 valence electrons. The summed E-state index contributed by atoms with van der Waals surface area (Å²) in [4.78, 5) is 41.5. The van der Waals surface area contributed by atoms with Crippen LogP contribution in [0.1, 0.15) is 42.3 Å². The number of rotatable bonds is 9. The van der Waals surface area contributed by atoms with Gasteiger partial charge in [-0.3, -0.25) is 4.79 Å². The molecule has 4 N–H and O–H groups in total. The van der Waals surface area contributed by atoms with Crippen LogP contribution in [-0.4, -0.2) is 60.8 Å². The molecular formula is C25H32N2O8. The summed E-state index contributed by atoms with van der Waals surface area (Å²) in [6.07, 6.45) is 0. The van der Waals surface area contributed by atoms with E-state index in [4.69, 9.17) is 24.5 Å². The maximum atomic E-state index is 11.9. The van der Waals surface area contributed by atoms with E-state index in [9.17, 15) is 9.59 Å². The molecule has 0 atom stereocenters. The van der Waals surface area contributed by atoms with Crippen molar-refractivity contribution in [3.63, 3.8) is 0 Å². The van der Waals surface area contributed by atoms with Crippen LogP contribution in [0.5, 0.6) is 5.75 Å². The normalized spacial score (nSPS) is 10.4. The van der Waals surface area contributed by atoms with Gasteiger partial charge >= 0.3 is 17.9 Å². The van der Waals surface area contributed by atoms with E-state index in [1.54, 1.807) is 24.3 Å².